The predicted octanol–water partition coefficient (Wildman–Crippen LogP) is 7.15. The van der Waals surface area contributed by atoms with E-state index in [2.05, 4.69) is 40.1 Å². The standard InChI is InChI=1S/C27H26Cl3N3/c28-21-5-3-4-18(14-21)27(33-13-10-25(31)23-9-8-22(29)16-26(23)33)19-6-7-20(24(30)15-19)17-32-11-1-2-12-32/h3-10,14-16,27H,1-2,11-13,17,31H2. The van der Waals surface area contributed by atoms with Gasteiger partial charge in [0.05, 0.1) is 6.04 Å². The Morgan fingerprint density at radius 2 is 1.61 bits per heavy atom. The fourth-order valence-corrected chi connectivity index (χ4v) is 5.52. The molecule has 170 valence electrons. The van der Waals surface area contributed by atoms with Crippen LogP contribution in [0.25, 0.3) is 5.70 Å². The molecule has 3 aromatic carbocycles. The van der Waals surface area contributed by atoms with Crippen LogP contribution in [0.2, 0.25) is 15.1 Å². The van der Waals surface area contributed by atoms with Crippen LogP contribution in [0.4, 0.5) is 5.69 Å². The number of halogens is 3. The van der Waals surface area contributed by atoms with Gasteiger partial charge in [-0.15, -0.1) is 0 Å². The summed E-state index contributed by atoms with van der Waals surface area (Å²) in [4.78, 5) is 4.78. The van der Waals surface area contributed by atoms with Crippen molar-refractivity contribution in [2.45, 2.75) is 25.4 Å². The highest BCUT2D eigenvalue weighted by molar-refractivity contribution is 6.31. The quantitative estimate of drug-likeness (QED) is 0.405. The van der Waals surface area contributed by atoms with Gasteiger partial charge in [-0.1, -0.05) is 59.1 Å². The highest BCUT2D eigenvalue weighted by Gasteiger charge is 2.28. The van der Waals surface area contributed by atoms with E-state index in [4.69, 9.17) is 40.5 Å². The molecule has 1 atom stereocenters. The molecular weight excluding hydrogens is 473 g/mol. The van der Waals surface area contributed by atoms with Crippen LogP contribution < -0.4 is 10.6 Å². The first-order valence-electron chi connectivity index (χ1n) is 11.3. The van der Waals surface area contributed by atoms with Crippen LogP contribution in [0, 0.1) is 0 Å². The molecule has 2 aliphatic heterocycles. The first-order chi connectivity index (χ1) is 16.0. The van der Waals surface area contributed by atoms with Gasteiger partial charge in [0, 0.05) is 45.1 Å². The number of likely N-dealkylation sites (tertiary alicyclic amines) is 1. The van der Waals surface area contributed by atoms with E-state index in [1.54, 1.807) is 0 Å². The van der Waals surface area contributed by atoms with E-state index >= 15 is 0 Å². The number of fused-ring (bicyclic) bond motifs is 1. The number of rotatable bonds is 5. The van der Waals surface area contributed by atoms with Crippen molar-refractivity contribution in [3.63, 3.8) is 0 Å². The highest BCUT2D eigenvalue weighted by Crippen LogP contribution is 2.41. The predicted molar refractivity (Wildman–Crippen MR) is 140 cm³/mol. The van der Waals surface area contributed by atoms with Crippen molar-refractivity contribution < 1.29 is 0 Å². The lowest BCUT2D eigenvalue weighted by Crippen LogP contribution is -2.33. The minimum atomic E-state index is -0.0939. The zero-order valence-electron chi connectivity index (χ0n) is 18.3. The zero-order valence-corrected chi connectivity index (χ0v) is 20.5. The van der Waals surface area contributed by atoms with Gasteiger partial charge in [-0.3, -0.25) is 4.90 Å². The van der Waals surface area contributed by atoms with Crippen molar-refractivity contribution in [1.82, 2.24) is 4.90 Å². The average Bonchev–Trinajstić information content (AvgIpc) is 3.30. The van der Waals surface area contributed by atoms with Crippen LogP contribution in [0.3, 0.4) is 0 Å². The van der Waals surface area contributed by atoms with Gasteiger partial charge in [-0.25, -0.2) is 0 Å². The zero-order chi connectivity index (χ0) is 22.9. The summed E-state index contributed by atoms with van der Waals surface area (Å²) >= 11 is 19.7. The van der Waals surface area contributed by atoms with E-state index in [0.29, 0.717) is 16.6 Å². The van der Waals surface area contributed by atoms with Crippen LogP contribution >= 0.6 is 34.8 Å². The van der Waals surface area contributed by atoms with Crippen molar-refractivity contribution in [2.75, 3.05) is 24.5 Å². The molecule has 0 aliphatic carbocycles. The van der Waals surface area contributed by atoms with E-state index < -0.39 is 0 Å². The maximum atomic E-state index is 6.83. The lowest BCUT2D eigenvalue weighted by atomic mass is 9.93. The summed E-state index contributed by atoms with van der Waals surface area (Å²) in [5, 5.41) is 2.18. The van der Waals surface area contributed by atoms with Crippen molar-refractivity contribution in [3.8, 4) is 0 Å². The molecule has 1 saturated heterocycles. The Labute approximate surface area is 210 Å². The summed E-state index contributed by atoms with van der Waals surface area (Å²) in [7, 11) is 0. The summed E-state index contributed by atoms with van der Waals surface area (Å²) in [6, 6.07) is 20.2. The number of nitrogens with two attached hydrogens (primary N) is 1. The number of hydrogen-bond acceptors (Lipinski definition) is 3. The molecule has 3 nitrogen and oxygen atoms in total. The third-order valence-electron chi connectivity index (χ3n) is 6.55. The SMILES string of the molecule is NC1=CCN(C(c2cccc(Cl)c2)c2ccc(CN3CCCC3)c(Cl)c2)c2cc(Cl)ccc21. The molecule has 6 heteroatoms. The molecule has 1 fully saturated rings. The van der Waals surface area contributed by atoms with Gasteiger partial charge in [-0.05, 0) is 85.1 Å². The Morgan fingerprint density at radius 3 is 2.36 bits per heavy atom. The fourth-order valence-electron chi connectivity index (χ4n) is 4.91. The third kappa shape index (κ3) is 4.74. The largest absolute Gasteiger partial charge is 0.398 e. The van der Waals surface area contributed by atoms with Gasteiger partial charge < -0.3 is 10.6 Å². The van der Waals surface area contributed by atoms with E-state index in [9.17, 15) is 0 Å². The van der Waals surface area contributed by atoms with Crippen LogP contribution in [0.5, 0.6) is 0 Å². The summed E-state index contributed by atoms with van der Waals surface area (Å²) < 4.78 is 0. The van der Waals surface area contributed by atoms with Crippen LogP contribution in [-0.2, 0) is 6.54 Å². The number of hydrogen-bond donors (Lipinski definition) is 1. The second kappa shape index (κ2) is 9.60. The molecule has 1 unspecified atom stereocenters. The molecule has 0 amide bonds. The second-order valence-corrected chi connectivity index (χ2v) is 10.0. The third-order valence-corrected chi connectivity index (χ3v) is 7.37. The summed E-state index contributed by atoms with van der Waals surface area (Å²) in [6.45, 7) is 3.83. The van der Waals surface area contributed by atoms with E-state index in [1.807, 2.05) is 36.4 Å². The molecule has 0 aromatic heterocycles. The van der Waals surface area contributed by atoms with E-state index in [-0.39, 0.29) is 6.04 Å². The molecule has 0 bridgehead atoms. The average molecular weight is 499 g/mol. The number of anilines is 1. The molecule has 5 rings (SSSR count). The Kier molecular flexibility index (Phi) is 6.58. The Balaban J connectivity index is 1.58. The van der Waals surface area contributed by atoms with Crippen molar-refractivity contribution in [3.05, 3.63) is 104 Å². The maximum Gasteiger partial charge on any atom is 0.0800 e. The van der Waals surface area contributed by atoms with Crippen molar-refractivity contribution in [1.29, 1.82) is 0 Å². The Morgan fingerprint density at radius 1 is 0.848 bits per heavy atom. The van der Waals surface area contributed by atoms with Crippen LogP contribution in [0.1, 0.15) is 41.1 Å². The summed E-state index contributed by atoms with van der Waals surface area (Å²) in [5.74, 6) is 0. The highest BCUT2D eigenvalue weighted by atomic mass is 35.5. The van der Waals surface area contributed by atoms with E-state index in [1.165, 1.54) is 18.4 Å². The van der Waals surface area contributed by atoms with Crippen LogP contribution in [-0.4, -0.2) is 24.5 Å². The molecule has 2 aliphatic rings. The molecule has 3 aromatic rings. The number of benzene rings is 3. The molecule has 2 heterocycles. The topological polar surface area (TPSA) is 32.5 Å². The van der Waals surface area contributed by atoms with Crippen LogP contribution in [0.15, 0.2) is 66.7 Å². The molecule has 2 N–H and O–H groups in total. The van der Waals surface area contributed by atoms with Gasteiger partial charge in [-0.2, -0.15) is 0 Å². The van der Waals surface area contributed by atoms with Gasteiger partial charge in [0.15, 0.2) is 0 Å². The first kappa shape index (κ1) is 22.6. The summed E-state index contributed by atoms with van der Waals surface area (Å²) in [6.07, 6.45) is 4.58. The number of nitrogens with zero attached hydrogens (tertiary/aromatic N) is 2. The lowest BCUT2D eigenvalue weighted by Gasteiger charge is -2.38. The van der Waals surface area contributed by atoms with E-state index in [0.717, 1.165) is 52.7 Å². The second-order valence-electron chi connectivity index (χ2n) is 8.76. The molecule has 0 spiro atoms. The summed E-state index contributed by atoms with van der Waals surface area (Å²) in [5.41, 5.74) is 12.4. The molecule has 0 saturated carbocycles. The normalized spacial score (nSPS) is 17.1. The maximum absolute atomic E-state index is 6.83. The van der Waals surface area contributed by atoms with Gasteiger partial charge >= 0.3 is 0 Å². The lowest BCUT2D eigenvalue weighted by molar-refractivity contribution is 0.331. The van der Waals surface area contributed by atoms with Gasteiger partial charge in [0.2, 0.25) is 0 Å². The Bertz CT molecular complexity index is 1200. The van der Waals surface area contributed by atoms with Gasteiger partial charge in [0.25, 0.3) is 0 Å². The fraction of sp³-hybridized carbons (Fsp3) is 0.259. The minimum absolute atomic E-state index is 0.0939. The molecule has 0 radical (unpaired) electrons. The smallest absolute Gasteiger partial charge is 0.0800 e. The monoisotopic (exact) mass is 497 g/mol. The molecular formula is C27H26Cl3N3. The van der Waals surface area contributed by atoms with Crippen molar-refractivity contribution in [2.24, 2.45) is 5.73 Å². The molecule has 33 heavy (non-hydrogen) atoms. The minimum Gasteiger partial charge on any atom is -0.398 e. The first-order valence-corrected chi connectivity index (χ1v) is 12.4. The van der Waals surface area contributed by atoms with Gasteiger partial charge in [0.1, 0.15) is 0 Å². The Hall–Kier alpha value is -2.17. The van der Waals surface area contributed by atoms with Crippen molar-refractivity contribution >= 4 is 46.2 Å².